The first-order valence-electron chi connectivity index (χ1n) is 8.15. The largest absolute Gasteiger partial charge is 0.342 e. The van der Waals surface area contributed by atoms with Gasteiger partial charge in [0, 0.05) is 11.1 Å². The van der Waals surface area contributed by atoms with Crippen molar-refractivity contribution in [1.29, 1.82) is 0 Å². The van der Waals surface area contributed by atoms with E-state index in [4.69, 9.17) is 0 Å². The Morgan fingerprint density at radius 2 is 1.80 bits per heavy atom. The van der Waals surface area contributed by atoms with Crippen LogP contribution in [0.1, 0.15) is 35.8 Å². The van der Waals surface area contributed by atoms with E-state index in [0.29, 0.717) is 11.6 Å². The van der Waals surface area contributed by atoms with E-state index < -0.39 is 0 Å². The second kappa shape index (κ2) is 7.17. The molecule has 6 heteroatoms. The molecule has 0 aliphatic carbocycles. The van der Waals surface area contributed by atoms with Crippen molar-refractivity contribution < 1.29 is 9.59 Å². The fraction of sp³-hybridized carbons (Fsp3) is 0.211. The highest BCUT2D eigenvalue weighted by Crippen LogP contribution is 2.17. The Hall–Kier alpha value is -3.15. The maximum Gasteiger partial charge on any atom is 0.272 e. The number of nitrogens with one attached hydrogen (secondary N) is 3. The number of rotatable bonds is 5. The Bertz CT molecular complexity index is 897. The van der Waals surface area contributed by atoms with Gasteiger partial charge >= 0.3 is 0 Å². The van der Waals surface area contributed by atoms with Crippen molar-refractivity contribution in [3.05, 3.63) is 59.8 Å². The molecule has 25 heavy (non-hydrogen) atoms. The van der Waals surface area contributed by atoms with Gasteiger partial charge < -0.3 is 10.6 Å². The summed E-state index contributed by atoms with van der Waals surface area (Å²) in [6, 6.07) is 15.0. The number of carbonyl (C=O) groups excluding carboxylic acids is 2. The summed E-state index contributed by atoms with van der Waals surface area (Å²) in [4.78, 5) is 24.2. The first-order valence-corrected chi connectivity index (χ1v) is 8.15. The molecule has 2 amide bonds. The van der Waals surface area contributed by atoms with Crippen molar-refractivity contribution in [2.24, 2.45) is 0 Å². The van der Waals surface area contributed by atoms with Crippen molar-refractivity contribution in [3.63, 3.8) is 0 Å². The number of aromatic amines is 1. The lowest BCUT2D eigenvalue weighted by atomic mass is 10.0. The summed E-state index contributed by atoms with van der Waals surface area (Å²) >= 11 is 0. The second-order valence-corrected chi connectivity index (χ2v) is 6.13. The molecule has 0 aliphatic rings. The molecule has 0 aliphatic heterocycles. The summed E-state index contributed by atoms with van der Waals surface area (Å²) in [6.45, 7) is 4.11. The van der Waals surface area contributed by atoms with Gasteiger partial charge in [-0.25, -0.2) is 0 Å². The summed E-state index contributed by atoms with van der Waals surface area (Å²) in [5.74, 6) is -0.235. The molecule has 3 N–H and O–H groups in total. The molecule has 1 heterocycles. The average Bonchev–Trinajstić information content (AvgIpc) is 3.04. The summed E-state index contributed by atoms with van der Waals surface area (Å²) in [5.41, 5.74) is 2.97. The fourth-order valence-electron chi connectivity index (χ4n) is 2.54. The van der Waals surface area contributed by atoms with Gasteiger partial charge in [-0.15, -0.1) is 0 Å². The molecule has 2 aromatic carbocycles. The highest BCUT2D eigenvalue weighted by atomic mass is 16.2. The normalized spacial score (nSPS) is 10.8. The van der Waals surface area contributed by atoms with E-state index >= 15 is 0 Å². The average molecular weight is 336 g/mol. The molecule has 3 aromatic rings. The zero-order chi connectivity index (χ0) is 17.8. The molecular weight excluding hydrogens is 316 g/mol. The standard InChI is InChI=1S/C19H20N4O2/c1-12(2)13-7-9-14(10-8-13)21-17(24)11-20-19(25)18-15-5-3-4-6-16(15)22-23-18/h3-10,12H,11H2,1-2H3,(H,20,25)(H,21,24)(H,22,23). The van der Waals surface area contributed by atoms with Crippen molar-refractivity contribution in [1.82, 2.24) is 15.5 Å². The molecule has 128 valence electrons. The van der Waals surface area contributed by atoms with Gasteiger partial charge in [0.1, 0.15) is 0 Å². The third-order valence-corrected chi connectivity index (χ3v) is 3.96. The summed E-state index contributed by atoms with van der Waals surface area (Å²) in [5, 5.41) is 12.9. The quantitative estimate of drug-likeness (QED) is 0.669. The van der Waals surface area contributed by atoms with Gasteiger partial charge in [-0.05, 0) is 29.7 Å². The Morgan fingerprint density at radius 3 is 2.52 bits per heavy atom. The summed E-state index contributed by atoms with van der Waals surface area (Å²) in [6.07, 6.45) is 0. The van der Waals surface area contributed by atoms with E-state index in [-0.39, 0.29) is 24.1 Å². The number of benzene rings is 2. The number of aromatic nitrogens is 2. The molecule has 6 nitrogen and oxygen atoms in total. The number of hydrogen-bond donors (Lipinski definition) is 3. The van der Waals surface area contributed by atoms with Crippen LogP contribution in [0.3, 0.4) is 0 Å². The Labute approximate surface area is 145 Å². The minimum absolute atomic E-state index is 0.119. The summed E-state index contributed by atoms with van der Waals surface area (Å²) in [7, 11) is 0. The Morgan fingerprint density at radius 1 is 1.08 bits per heavy atom. The number of para-hydroxylation sites is 1. The zero-order valence-electron chi connectivity index (χ0n) is 14.2. The third kappa shape index (κ3) is 3.85. The molecule has 0 fully saturated rings. The van der Waals surface area contributed by atoms with Crippen LogP contribution in [-0.2, 0) is 4.79 Å². The van der Waals surface area contributed by atoms with E-state index in [9.17, 15) is 9.59 Å². The molecule has 0 bridgehead atoms. The zero-order valence-corrected chi connectivity index (χ0v) is 14.2. The molecule has 0 saturated heterocycles. The van der Waals surface area contributed by atoms with E-state index in [1.165, 1.54) is 5.56 Å². The summed E-state index contributed by atoms with van der Waals surface area (Å²) < 4.78 is 0. The van der Waals surface area contributed by atoms with Gasteiger partial charge in [0.15, 0.2) is 5.69 Å². The van der Waals surface area contributed by atoms with Crippen LogP contribution in [0.2, 0.25) is 0 Å². The molecule has 0 unspecified atom stereocenters. The lowest BCUT2D eigenvalue weighted by Crippen LogP contribution is -2.33. The fourth-order valence-corrected chi connectivity index (χ4v) is 2.54. The first-order chi connectivity index (χ1) is 12.0. The predicted octanol–water partition coefficient (Wildman–Crippen LogP) is 3.05. The van der Waals surface area contributed by atoms with Crippen LogP contribution >= 0.6 is 0 Å². The smallest absolute Gasteiger partial charge is 0.272 e. The number of amides is 2. The molecule has 0 spiro atoms. The minimum Gasteiger partial charge on any atom is -0.342 e. The number of carbonyl (C=O) groups is 2. The van der Waals surface area contributed by atoms with Crippen LogP contribution in [0.15, 0.2) is 48.5 Å². The van der Waals surface area contributed by atoms with Gasteiger partial charge in [0.05, 0.1) is 12.1 Å². The van der Waals surface area contributed by atoms with Gasteiger partial charge in [-0.1, -0.05) is 44.2 Å². The second-order valence-electron chi connectivity index (χ2n) is 6.13. The van der Waals surface area contributed by atoms with Crippen molar-refractivity contribution >= 4 is 28.4 Å². The van der Waals surface area contributed by atoms with Gasteiger partial charge in [0.2, 0.25) is 5.91 Å². The molecular formula is C19H20N4O2. The highest BCUT2D eigenvalue weighted by molar-refractivity contribution is 6.06. The molecule has 0 saturated carbocycles. The predicted molar refractivity (Wildman–Crippen MR) is 97.6 cm³/mol. The van der Waals surface area contributed by atoms with E-state index in [1.54, 1.807) is 0 Å². The molecule has 0 radical (unpaired) electrons. The van der Waals surface area contributed by atoms with Gasteiger partial charge in [-0.2, -0.15) is 5.10 Å². The maximum absolute atomic E-state index is 12.2. The number of hydrogen-bond acceptors (Lipinski definition) is 3. The SMILES string of the molecule is CC(C)c1ccc(NC(=O)CNC(=O)c2n[nH]c3ccccc23)cc1. The highest BCUT2D eigenvalue weighted by Gasteiger charge is 2.14. The topological polar surface area (TPSA) is 86.9 Å². The van der Waals surface area contributed by atoms with Crippen LogP contribution in [0, 0.1) is 0 Å². The number of anilines is 1. The number of fused-ring (bicyclic) bond motifs is 1. The monoisotopic (exact) mass is 336 g/mol. The van der Waals surface area contributed by atoms with Crippen molar-refractivity contribution in [2.45, 2.75) is 19.8 Å². The Balaban J connectivity index is 1.57. The number of H-pyrrole nitrogens is 1. The minimum atomic E-state index is -0.386. The first kappa shape index (κ1) is 16.7. The molecule has 0 atom stereocenters. The lowest BCUT2D eigenvalue weighted by molar-refractivity contribution is -0.115. The van der Waals surface area contributed by atoms with E-state index in [0.717, 1.165) is 10.9 Å². The van der Waals surface area contributed by atoms with Crippen LogP contribution in [0.4, 0.5) is 5.69 Å². The lowest BCUT2D eigenvalue weighted by Gasteiger charge is -2.09. The van der Waals surface area contributed by atoms with Crippen LogP contribution in [0.25, 0.3) is 10.9 Å². The van der Waals surface area contributed by atoms with Crippen molar-refractivity contribution in [3.8, 4) is 0 Å². The van der Waals surface area contributed by atoms with Crippen LogP contribution in [0.5, 0.6) is 0 Å². The van der Waals surface area contributed by atoms with Crippen LogP contribution < -0.4 is 10.6 Å². The third-order valence-electron chi connectivity index (χ3n) is 3.96. The van der Waals surface area contributed by atoms with Crippen LogP contribution in [-0.4, -0.2) is 28.6 Å². The molecule has 3 rings (SSSR count). The van der Waals surface area contributed by atoms with Gasteiger partial charge in [-0.3, -0.25) is 14.7 Å². The molecule has 1 aromatic heterocycles. The maximum atomic E-state index is 12.2. The number of nitrogens with zero attached hydrogens (tertiary/aromatic N) is 1. The van der Waals surface area contributed by atoms with Crippen molar-refractivity contribution in [2.75, 3.05) is 11.9 Å². The van der Waals surface area contributed by atoms with Gasteiger partial charge in [0.25, 0.3) is 5.91 Å². The van der Waals surface area contributed by atoms with E-state index in [1.807, 2.05) is 48.5 Å². The van der Waals surface area contributed by atoms with E-state index in [2.05, 4.69) is 34.7 Å². The Kier molecular flexibility index (Phi) is 4.79.